The molecule has 1 aromatic rings. The predicted octanol–water partition coefficient (Wildman–Crippen LogP) is 1.17. The van der Waals surface area contributed by atoms with E-state index < -0.39 is 0 Å². The minimum Gasteiger partial charge on any atom is -0.394 e. The van der Waals surface area contributed by atoms with Gasteiger partial charge in [-0.15, -0.1) is 0 Å². The molecule has 0 aromatic carbocycles. The number of likely N-dealkylation sites (tertiary alicyclic amines) is 1. The fourth-order valence-electron chi connectivity index (χ4n) is 2.56. The highest BCUT2D eigenvalue weighted by molar-refractivity contribution is 5.92. The summed E-state index contributed by atoms with van der Waals surface area (Å²) in [7, 11) is 0. The quantitative estimate of drug-likeness (QED) is 0.876. The summed E-state index contributed by atoms with van der Waals surface area (Å²) >= 11 is 0. The Bertz CT molecular complexity index is 461. The Labute approximate surface area is 117 Å². The van der Waals surface area contributed by atoms with Crippen LogP contribution in [-0.2, 0) is 4.74 Å². The van der Waals surface area contributed by atoms with E-state index in [0.29, 0.717) is 31.3 Å². The summed E-state index contributed by atoms with van der Waals surface area (Å²) in [5, 5.41) is 12.6. The molecule has 2 aliphatic rings. The number of aromatic nitrogens is 1. The van der Waals surface area contributed by atoms with Crippen LogP contribution in [0.4, 0.5) is 0 Å². The fourth-order valence-corrected chi connectivity index (χ4v) is 2.56. The number of aliphatic hydroxyl groups is 1. The lowest BCUT2D eigenvalue weighted by molar-refractivity contribution is -0.00571. The third-order valence-electron chi connectivity index (χ3n) is 3.90. The van der Waals surface area contributed by atoms with Crippen LogP contribution in [0.3, 0.4) is 0 Å². The molecule has 110 valence electrons. The Morgan fingerprint density at radius 1 is 1.40 bits per heavy atom. The maximum absolute atomic E-state index is 12.3. The van der Waals surface area contributed by atoms with E-state index in [1.165, 1.54) is 0 Å². The zero-order valence-electron chi connectivity index (χ0n) is 11.5. The number of carbonyl (C=O) groups is 1. The summed E-state index contributed by atoms with van der Waals surface area (Å²) in [6, 6.07) is 1.79. The molecule has 2 fully saturated rings. The Balaban J connectivity index is 1.52. The van der Waals surface area contributed by atoms with Crippen LogP contribution in [0.1, 0.15) is 47.8 Å². The molecule has 1 amide bonds. The van der Waals surface area contributed by atoms with E-state index in [0.717, 1.165) is 31.4 Å². The van der Waals surface area contributed by atoms with Crippen molar-refractivity contribution >= 4 is 5.91 Å². The second-order valence-corrected chi connectivity index (χ2v) is 5.47. The van der Waals surface area contributed by atoms with Crippen LogP contribution in [0.2, 0.25) is 0 Å². The first-order valence-corrected chi connectivity index (χ1v) is 7.26. The largest absolute Gasteiger partial charge is 0.394 e. The maximum atomic E-state index is 12.3. The van der Waals surface area contributed by atoms with Crippen LogP contribution >= 0.6 is 0 Å². The van der Waals surface area contributed by atoms with Gasteiger partial charge in [-0.05, 0) is 25.7 Å². The van der Waals surface area contributed by atoms with Gasteiger partial charge in [0.25, 0.3) is 5.91 Å². The molecule has 0 unspecified atom stereocenters. The van der Waals surface area contributed by atoms with Crippen molar-refractivity contribution in [1.82, 2.24) is 10.1 Å². The summed E-state index contributed by atoms with van der Waals surface area (Å²) in [5.74, 6) is 1.26. The van der Waals surface area contributed by atoms with E-state index >= 15 is 0 Å². The zero-order chi connectivity index (χ0) is 13.9. The SMILES string of the molecule is O=C(c1cc(C2CC2)on1)N1CCC(OCCO)CC1. The van der Waals surface area contributed by atoms with Crippen molar-refractivity contribution in [3.63, 3.8) is 0 Å². The first kappa shape index (κ1) is 13.6. The molecule has 1 aromatic heterocycles. The second kappa shape index (κ2) is 5.93. The van der Waals surface area contributed by atoms with E-state index in [1.54, 1.807) is 11.0 Å². The molecule has 1 saturated carbocycles. The highest BCUT2D eigenvalue weighted by Crippen LogP contribution is 2.40. The number of amides is 1. The number of rotatable bonds is 5. The highest BCUT2D eigenvalue weighted by atomic mass is 16.5. The number of carbonyl (C=O) groups excluding carboxylic acids is 1. The average molecular weight is 280 g/mol. The lowest BCUT2D eigenvalue weighted by atomic mass is 10.1. The molecule has 1 N–H and O–H groups in total. The second-order valence-electron chi connectivity index (χ2n) is 5.47. The van der Waals surface area contributed by atoms with Crippen molar-refractivity contribution in [2.45, 2.75) is 37.7 Å². The van der Waals surface area contributed by atoms with Crippen LogP contribution in [0.15, 0.2) is 10.6 Å². The van der Waals surface area contributed by atoms with Crippen molar-refractivity contribution in [3.05, 3.63) is 17.5 Å². The van der Waals surface area contributed by atoms with Gasteiger partial charge >= 0.3 is 0 Å². The Morgan fingerprint density at radius 3 is 2.80 bits per heavy atom. The van der Waals surface area contributed by atoms with Gasteiger partial charge in [-0.25, -0.2) is 0 Å². The molecule has 2 heterocycles. The number of hydrogen-bond donors (Lipinski definition) is 1. The number of nitrogens with zero attached hydrogens (tertiary/aromatic N) is 2. The summed E-state index contributed by atoms with van der Waals surface area (Å²) in [4.78, 5) is 14.1. The summed E-state index contributed by atoms with van der Waals surface area (Å²) < 4.78 is 10.7. The van der Waals surface area contributed by atoms with Crippen molar-refractivity contribution in [2.75, 3.05) is 26.3 Å². The van der Waals surface area contributed by atoms with Crippen LogP contribution < -0.4 is 0 Å². The van der Waals surface area contributed by atoms with Gasteiger partial charge in [0, 0.05) is 25.1 Å². The fraction of sp³-hybridized carbons (Fsp3) is 0.714. The molecule has 1 aliphatic heterocycles. The van der Waals surface area contributed by atoms with Gasteiger partial charge in [0.1, 0.15) is 5.76 Å². The zero-order valence-corrected chi connectivity index (χ0v) is 11.5. The van der Waals surface area contributed by atoms with Crippen LogP contribution in [0, 0.1) is 0 Å². The normalized spacial score (nSPS) is 20.4. The molecule has 1 saturated heterocycles. The standard InChI is InChI=1S/C14H20N2O4/c17-7-8-19-11-3-5-16(6-4-11)14(18)12-9-13(20-15-12)10-1-2-10/h9-11,17H,1-8H2. The van der Waals surface area contributed by atoms with Gasteiger partial charge in [-0.3, -0.25) is 4.79 Å². The van der Waals surface area contributed by atoms with Gasteiger partial charge in [-0.2, -0.15) is 0 Å². The first-order chi connectivity index (χ1) is 9.78. The van der Waals surface area contributed by atoms with Crippen molar-refractivity contribution < 1.29 is 19.2 Å². The molecule has 0 radical (unpaired) electrons. The van der Waals surface area contributed by atoms with E-state index in [9.17, 15) is 4.79 Å². The highest BCUT2D eigenvalue weighted by Gasteiger charge is 2.31. The summed E-state index contributed by atoms with van der Waals surface area (Å²) in [6.07, 6.45) is 4.02. The lowest BCUT2D eigenvalue weighted by Crippen LogP contribution is -2.41. The molecule has 0 bridgehead atoms. The minimum atomic E-state index is -0.0544. The third kappa shape index (κ3) is 3.02. The topological polar surface area (TPSA) is 75.8 Å². The van der Waals surface area contributed by atoms with Crippen LogP contribution in [-0.4, -0.2) is 53.5 Å². The lowest BCUT2D eigenvalue weighted by Gasteiger charge is -2.31. The van der Waals surface area contributed by atoms with E-state index in [2.05, 4.69) is 5.16 Å². The summed E-state index contributed by atoms with van der Waals surface area (Å²) in [5.41, 5.74) is 0.418. The average Bonchev–Trinajstić information content (AvgIpc) is 3.22. The smallest absolute Gasteiger partial charge is 0.276 e. The minimum absolute atomic E-state index is 0.0437. The first-order valence-electron chi connectivity index (χ1n) is 7.26. The molecule has 6 heteroatoms. The third-order valence-corrected chi connectivity index (χ3v) is 3.90. The van der Waals surface area contributed by atoms with Gasteiger partial charge < -0.3 is 19.3 Å². The predicted molar refractivity (Wildman–Crippen MR) is 70.4 cm³/mol. The van der Waals surface area contributed by atoms with Gasteiger partial charge in [0.05, 0.1) is 19.3 Å². The van der Waals surface area contributed by atoms with Crippen LogP contribution in [0.25, 0.3) is 0 Å². The van der Waals surface area contributed by atoms with E-state index in [-0.39, 0.29) is 18.6 Å². The number of aliphatic hydroxyl groups excluding tert-OH is 1. The Kier molecular flexibility index (Phi) is 4.03. The number of hydrogen-bond acceptors (Lipinski definition) is 5. The molecule has 20 heavy (non-hydrogen) atoms. The number of piperidine rings is 1. The summed E-state index contributed by atoms with van der Waals surface area (Å²) in [6.45, 7) is 1.75. The van der Waals surface area contributed by atoms with Crippen LogP contribution in [0.5, 0.6) is 0 Å². The molecule has 1 aliphatic carbocycles. The van der Waals surface area contributed by atoms with Crippen molar-refractivity contribution in [3.8, 4) is 0 Å². The van der Waals surface area contributed by atoms with E-state index in [1.807, 2.05) is 0 Å². The maximum Gasteiger partial charge on any atom is 0.276 e. The van der Waals surface area contributed by atoms with Gasteiger partial charge in [0.15, 0.2) is 5.69 Å². The molecule has 3 rings (SSSR count). The molecule has 6 nitrogen and oxygen atoms in total. The van der Waals surface area contributed by atoms with Crippen molar-refractivity contribution in [1.29, 1.82) is 0 Å². The molecule has 0 spiro atoms. The van der Waals surface area contributed by atoms with Gasteiger partial charge in [0.2, 0.25) is 0 Å². The van der Waals surface area contributed by atoms with Gasteiger partial charge in [-0.1, -0.05) is 5.16 Å². The Hall–Kier alpha value is -1.40. The number of ether oxygens (including phenoxy) is 1. The monoisotopic (exact) mass is 280 g/mol. The molecular formula is C14H20N2O4. The Morgan fingerprint density at radius 2 is 2.15 bits per heavy atom. The molecular weight excluding hydrogens is 260 g/mol. The molecule has 0 atom stereocenters. The van der Waals surface area contributed by atoms with E-state index in [4.69, 9.17) is 14.4 Å². The van der Waals surface area contributed by atoms with Crippen molar-refractivity contribution in [2.24, 2.45) is 0 Å².